The van der Waals surface area contributed by atoms with Gasteiger partial charge < -0.3 is 11.1 Å². The molecule has 1 aromatic heterocycles. The standard InChI is InChI=1S/C13H16N4/c1-9-7-10(2)17-13(16-9)15-8-11-3-5-12(14)6-4-11/h3-7H,8,14H2,1-2H3,(H,15,16,17). The van der Waals surface area contributed by atoms with Crippen LogP contribution in [0, 0.1) is 13.8 Å². The molecule has 0 amide bonds. The third kappa shape index (κ3) is 3.17. The third-order valence-electron chi connectivity index (χ3n) is 2.41. The molecule has 0 spiro atoms. The monoisotopic (exact) mass is 228 g/mol. The van der Waals surface area contributed by atoms with Crippen molar-refractivity contribution in [2.75, 3.05) is 11.1 Å². The van der Waals surface area contributed by atoms with Gasteiger partial charge in [0.05, 0.1) is 0 Å². The summed E-state index contributed by atoms with van der Waals surface area (Å²) in [4.78, 5) is 8.64. The molecule has 0 saturated heterocycles. The zero-order chi connectivity index (χ0) is 12.3. The molecule has 4 nitrogen and oxygen atoms in total. The number of rotatable bonds is 3. The highest BCUT2D eigenvalue weighted by Gasteiger charge is 1.99. The summed E-state index contributed by atoms with van der Waals surface area (Å²) in [5.41, 5.74) is 9.50. The number of benzene rings is 1. The summed E-state index contributed by atoms with van der Waals surface area (Å²) in [7, 11) is 0. The molecule has 0 aliphatic carbocycles. The van der Waals surface area contributed by atoms with Gasteiger partial charge >= 0.3 is 0 Å². The minimum Gasteiger partial charge on any atom is -0.399 e. The number of aryl methyl sites for hydroxylation is 2. The highest BCUT2D eigenvalue weighted by atomic mass is 15.1. The van der Waals surface area contributed by atoms with E-state index in [1.807, 2.05) is 44.2 Å². The van der Waals surface area contributed by atoms with E-state index in [4.69, 9.17) is 5.73 Å². The Morgan fingerprint density at radius 3 is 2.24 bits per heavy atom. The van der Waals surface area contributed by atoms with Gasteiger partial charge in [-0.05, 0) is 37.6 Å². The van der Waals surface area contributed by atoms with Gasteiger partial charge in [0, 0.05) is 23.6 Å². The largest absolute Gasteiger partial charge is 0.399 e. The van der Waals surface area contributed by atoms with Gasteiger partial charge in [-0.15, -0.1) is 0 Å². The van der Waals surface area contributed by atoms with Crippen LogP contribution in [-0.2, 0) is 6.54 Å². The van der Waals surface area contributed by atoms with Gasteiger partial charge in [0.15, 0.2) is 0 Å². The second kappa shape index (κ2) is 4.82. The van der Waals surface area contributed by atoms with E-state index in [0.29, 0.717) is 12.5 Å². The van der Waals surface area contributed by atoms with Crippen molar-refractivity contribution >= 4 is 11.6 Å². The first kappa shape index (κ1) is 11.4. The molecule has 0 saturated carbocycles. The highest BCUT2D eigenvalue weighted by molar-refractivity contribution is 5.40. The molecule has 0 fully saturated rings. The van der Waals surface area contributed by atoms with Crippen LogP contribution < -0.4 is 11.1 Å². The van der Waals surface area contributed by atoms with Crippen LogP contribution in [0.1, 0.15) is 17.0 Å². The van der Waals surface area contributed by atoms with Crippen LogP contribution in [0.15, 0.2) is 30.3 Å². The Bertz CT molecular complexity index is 485. The second-order valence-electron chi connectivity index (χ2n) is 4.07. The molecule has 1 heterocycles. The van der Waals surface area contributed by atoms with Crippen molar-refractivity contribution in [3.63, 3.8) is 0 Å². The molecule has 3 N–H and O–H groups in total. The van der Waals surface area contributed by atoms with Gasteiger partial charge in [-0.1, -0.05) is 12.1 Å². The lowest BCUT2D eigenvalue weighted by Gasteiger charge is -2.06. The van der Waals surface area contributed by atoms with Gasteiger partial charge in [-0.25, -0.2) is 9.97 Å². The first-order chi connectivity index (χ1) is 8.13. The fourth-order valence-corrected chi connectivity index (χ4v) is 1.62. The SMILES string of the molecule is Cc1cc(C)nc(NCc2ccc(N)cc2)n1. The lowest BCUT2D eigenvalue weighted by molar-refractivity contribution is 1.00. The topological polar surface area (TPSA) is 63.8 Å². The molecule has 0 aliphatic rings. The zero-order valence-corrected chi connectivity index (χ0v) is 10.1. The molecule has 0 unspecified atom stereocenters. The minimum atomic E-state index is 0.666. The molecular formula is C13H16N4. The van der Waals surface area contributed by atoms with E-state index in [0.717, 1.165) is 22.6 Å². The number of hydrogen-bond acceptors (Lipinski definition) is 4. The van der Waals surface area contributed by atoms with Crippen LogP contribution >= 0.6 is 0 Å². The van der Waals surface area contributed by atoms with E-state index in [1.54, 1.807) is 0 Å². The quantitative estimate of drug-likeness (QED) is 0.791. The third-order valence-corrected chi connectivity index (χ3v) is 2.41. The normalized spacial score (nSPS) is 10.2. The Labute approximate surface area is 101 Å². The molecule has 0 aliphatic heterocycles. The number of hydrogen-bond donors (Lipinski definition) is 2. The first-order valence-electron chi connectivity index (χ1n) is 5.54. The van der Waals surface area contributed by atoms with Crippen LogP contribution in [0.4, 0.5) is 11.6 Å². The Morgan fingerprint density at radius 1 is 1.06 bits per heavy atom. The molecule has 0 bridgehead atoms. The number of anilines is 2. The zero-order valence-electron chi connectivity index (χ0n) is 10.1. The van der Waals surface area contributed by atoms with E-state index in [2.05, 4.69) is 15.3 Å². The second-order valence-corrected chi connectivity index (χ2v) is 4.07. The number of nitrogens with one attached hydrogen (secondary N) is 1. The summed E-state index contributed by atoms with van der Waals surface area (Å²) >= 11 is 0. The van der Waals surface area contributed by atoms with Crippen molar-refractivity contribution in [2.45, 2.75) is 20.4 Å². The Kier molecular flexibility index (Phi) is 3.23. The molecule has 2 aromatic rings. The van der Waals surface area contributed by atoms with Crippen molar-refractivity contribution < 1.29 is 0 Å². The number of aromatic nitrogens is 2. The van der Waals surface area contributed by atoms with E-state index < -0.39 is 0 Å². The van der Waals surface area contributed by atoms with E-state index >= 15 is 0 Å². The van der Waals surface area contributed by atoms with Crippen LogP contribution in [0.2, 0.25) is 0 Å². The Hall–Kier alpha value is -2.10. The molecule has 17 heavy (non-hydrogen) atoms. The minimum absolute atomic E-state index is 0.666. The van der Waals surface area contributed by atoms with Crippen molar-refractivity contribution in [1.29, 1.82) is 0 Å². The fourth-order valence-electron chi connectivity index (χ4n) is 1.62. The van der Waals surface area contributed by atoms with Gasteiger partial charge in [0.25, 0.3) is 0 Å². The summed E-state index contributed by atoms with van der Waals surface area (Å²) in [5, 5.41) is 3.20. The van der Waals surface area contributed by atoms with Crippen LogP contribution in [0.25, 0.3) is 0 Å². The predicted octanol–water partition coefficient (Wildman–Crippen LogP) is 2.29. The smallest absolute Gasteiger partial charge is 0.223 e. The number of nitrogens with zero attached hydrogens (tertiary/aromatic N) is 2. The van der Waals surface area contributed by atoms with E-state index in [-0.39, 0.29) is 0 Å². The Balaban J connectivity index is 2.04. The fraction of sp³-hybridized carbons (Fsp3) is 0.231. The lowest BCUT2D eigenvalue weighted by Crippen LogP contribution is -2.05. The average molecular weight is 228 g/mol. The van der Waals surface area contributed by atoms with Gasteiger partial charge in [0.1, 0.15) is 0 Å². The van der Waals surface area contributed by atoms with Gasteiger partial charge in [-0.3, -0.25) is 0 Å². The molecular weight excluding hydrogens is 212 g/mol. The summed E-state index contributed by atoms with van der Waals surface area (Å²) in [6, 6.07) is 9.71. The van der Waals surface area contributed by atoms with Crippen LogP contribution in [0.3, 0.4) is 0 Å². The molecule has 88 valence electrons. The Morgan fingerprint density at radius 2 is 1.65 bits per heavy atom. The van der Waals surface area contributed by atoms with Gasteiger partial charge in [-0.2, -0.15) is 0 Å². The molecule has 2 rings (SSSR count). The van der Waals surface area contributed by atoms with Crippen LogP contribution in [-0.4, -0.2) is 9.97 Å². The maximum absolute atomic E-state index is 5.63. The number of nitrogens with two attached hydrogens (primary N) is 1. The summed E-state index contributed by atoms with van der Waals surface area (Å²) in [5.74, 6) is 0.666. The average Bonchev–Trinajstić information content (AvgIpc) is 2.27. The first-order valence-corrected chi connectivity index (χ1v) is 5.54. The summed E-state index contributed by atoms with van der Waals surface area (Å²) in [6.45, 7) is 4.62. The molecule has 4 heteroatoms. The highest BCUT2D eigenvalue weighted by Crippen LogP contribution is 2.08. The molecule has 0 radical (unpaired) electrons. The van der Waals surface area contributed by atoms with Gasteiger partial charge in [0.2, 0.25) is 5.95 Å². The van der Waals surface area contributed by atoms with Crippen molar-refractivity contribution in [1.82, 2.24) is 9.97 Å². The maximum atomic E-state index is 5.63. The predicted molar refractivity (Wildman–Crippen MR) is 69.7 cm³/mol. The summed E-state index contributed by atoms with van der Waals surface area (Å²) in [6.07, 6.45) is 0. The number of nitrogen functional groups attached to an aromatic ring is 1. The lowest BCUT2D eigenvalue weighted by atomic mass is 10.2. The van der Waals surface area contributed by atoms with Crippen molar-refractivity contribution in [3.8, 4) is 0 Å². The van der Waals surface area contributed by atoms with Crippen molar-refractivity contribution in [2.24, 2.45) is 0 Å². The van der Waals surface area contributed by atoms with E-state index in [9.17, 15) is 0 Å². The maximum Gasteiger partial charge on any atom is 0.223 e. The summed E-state index contributed by atoms with van der Waals surface area (Å²) < 4.78 is 0. The molecule has 0 atom stereocenters. The van der Waals surface area contributed by atoms with Crippen molar-refractivity contribution in [3.05, 3.63) is 47.3 Å². The van der Waals surface area contributed by atoms with E-state index in [1.165, 1.54) is 0 Å². The van der Waals surface area contributed by atoms with Crippen LogP contribution in [0.5, 0.6) is 0 Å². The molecule has 1 aromatic carbocycles.